The fourth-order valence-electron chi connectivity index (χ4n) is 0.630. The quantitative estimate of drug-likeness (QED) is 0.439. The second-order valence-electron chi connectivity index (χ2n) is 1.91. The van der Waals surface area contributed by atoms with Crippen molar-refractivity contribution in [1.82, 2.24) is 5.32 Å². The molecule has 0 saturated heterocycles. The predicted octanol–water partition coefficient (Wildman–Crippen LogP) is 0.731. The van der Waals surface area contributed by atoms with Crippen LogP contribution in [0.1, 0.15) is 0 Å². The van der Waals surface area contributed by atoms with E-state index >= 15 is 0 Å². The Morgan fingerprint density at radius 2 is 2.64 bits per heavy atom. The lowest BCUT2D eigenvalue weighted by Crippen LogP contribution is -2.11. The first-order valence-corrected chi connectivity index (χ1v) is 3.20. The third-order valence-electron chi connectivity index (χ3n) is 1.10. The van der Waals surface area contributed by atoms with Crippen LogP contribution in [0.15, 0.2) is 36.7 Å². The van der Waals surface area contributed by atoms with Crippen molar-refractivity contribution in [2.24, 2.45) is 0 Å². The third kappa shape index (κ3) is 1.97. The average molecular weight is 150 g/mol. The van der Waals surface area contributed by atoms with E-state index in [0.29, 0.717) is 5.70 Å². The summed E-state index contributed by atoms with van der Waals surface area (Å²) < 4.78 is 4.72. The fourth-order valence-corrected chi connectivity index (χ4v) is 0.630. The maximum absolute atomic E-state index is 10.9. The van der Waals surface area contributed by atoms with Gasteiger partial charge in [0, 0.05) is 6.20 Å². The average Bonchev–Trinajstić information content (AvgIpc) is 2.52. The van der Waals surface area contributed by atoms with Gasteiger partial charge in [-0.15, -0.1) is 0 Å². The van der Waals surface area contributed by atoms with E-state index < -0.39 is 5.97 Å². The summed E-state index contributed by atoms with van der Waals surface area (Å²) in [5, 5.41) is 3.76. The van der Waals surface area contributed by atoms with E-state index in [9.17, 15) is 4.79 Å². The fraction of sp³-hybridized carbons (Fsp3) is 0.125. The zero-order chi connectivity index (χ0) is 8.10. The minimum atomic E-state index is -0.407. The highest BCUT2D eigenvalue weighted by Gasteiger charge is 2.11. The Balaban J connectivity index is 2.36. The molecule has 1 radical (unpaired) electrons. The van der Waals surface area contributed by atoms with E-state index in [0.717, 1.165) is 0 Å². The van der Waals surface area contributed by atoms with Gasteiger partial charge in [0.1, 0.15) is 12.3 Å². The van der Waals surface area contributed by atoms with Gasteiger partial charge in [-0.25, -0.2) is 10.1 Å². The molecule has 0 amide bonds. The topological polar surface area (TPSA) is 40.4 Å². The summed E-state index contributed by atoms with van der Waals surface area (Å²) in [5.41, 5.74) is 0.340. The van der Waals surface area contributed by atoms with Gasteiger partial charge in [0.2, 0.25) is 0 Å². The molecule has 0 aromatic rings. The van der Waals surface area contributed by atoms with Gasteiger partial charge in [-0.3, -0.25) is 0 Å². The zero-order valence-corrected chi connectivity index (χ0v) is 5.99. The Morgan fingerprint density at radius 1 is 1.82 bits per heavy atom. The number of rotatable bonds is 3. The predicted molar refractivity (Wildman–Crippen MR) is 40.5 cm³/mol. The summed E-state index contributed by atoms with van der Waals surface area (Å²) in [7, 11) is 0. The molecule has 0 aromatic heterocycles. The molecule has 1 heterocycles. The molecule has 3 heteroatoms. The molecule has 1 aliphatic heterocycles. The normalized spacial score (nSPS) is 13.6. The summed E-state index contributed by atoms with van der Waals surface area (Å²) in [5.74, 6) is -0.407. The minimum Gasteiger partial charge on any atom is -0.457 e. The SMILES string of the molecule is C=CCOC(=O)C1=CC=C[N]1. The molecule has 3 nitrogen and oxygen atoms in total. The molecule has 0 fully saturated rings. The standard InChI is InChI=1S/C8H8NO2/c1-2-6-11-8(10)7-4-3-5-9-7/h2-5H,1,6H2. The molecule has 57 valence electrons. The van der Waals surface area contributed by atoms with Crippen LogP contribution in [-0.4, -0.2) is 12.6 Å². The summed E-state index contributed by atoms with van der Waals surface area (Å²) in [6.45, 7) is 3.64. The molecule has 0 unspecified atom stereocenters. The number of carbonyl (C=O) groups is 1. The molecule has 0 saturated carbocycles. The van der Waals surface area contributed by atoms with E-state index in [4.69, 9.17) is 4.74 Å². The van der Waals surface area contributed by atoms with Gasteiger partial charge in [0.15, 0.2) is 0 Å². The van der Waals surface area contributed by atoms with Gasteiger partial charge in [-0.2, -0.15) is 0 Å². The van der Waals surface area contributed by atoms with Crippen molar-refractivity contribution in [2.45, 2.75) is 0 Å². The summed E-state index contributed by atoms with van der Waals surface area (Å²) in [4.78, 5) is 10.9. The molecular formula is C8H8NO2. The molecule has 0 atom stereocenters. The van der Waals surface area contributed by atoms with E-state index in [1.807, 2.05) is 0 Å². The number of esters is 1. The van der Waals surface area contributed by atoms with Crippen LogP contribution < -0.4 is 5.32 Å². The number of nitrogens with zero attached hydrogens (tertiary/aromatic N) is 1. The van der Waals surface area contributed by atoms with E-state index in [1.54, 1.807) is 18.4 Å². The first kappa shape index (κ1) is 7.60. The number of carbonyl (C=O) groups excluding carboxylic acids is 1. The van der Waals surface area contributed by atoms with Crippen LogP contribution in [0.3, 0.4) is 0 Å². The Bertz CT molecular complexity index is 228. The molecule has 0 N–H and O–H groups in total. The molecule has 0 aliphatic carbocycles. The van der Waals surface area contributed by atoms with Crippen molar-refractivity contribution in [2.75, 3.05) is 6.61 Å². The summed E-state index contributed by atoms with van der Waals surface area (Å²) in [6.07, 6.45) is 6.35. The van der Waals surface area contributed by atoms with E-state index in [-0.39, 0.29) is 6.61 Å². The van der Waals surface area contributed by atoms with Crippen LogP contribution in [0, 0.1) is 0 Å². The Morgan fingerprint density at radius 3 is 3.18 bits per heavy atom. The van der Waals surface area contributed by atoms with Crippen molar-refractivity contribution in [3.63, 3.8) is 0 Å². The van der Waals surface area contributed by atoms with Gasteiger partial charge < -0.3 is 4.74 Å². The molecule has 0 bridgehead atoms. The molecule has 1 rings (SSSR count). The number of hydrogen-bond acceptors (Lipinski definition) is 2. The molecule has 11 heavy (non-hydrogen) atoms. The van der Waals surface area contributed by atoms with Crippen LogP contribution in [0.5, 0.6) is 0 Å². The lowest BCUT2D eigenvalue weighted by atomic mass is 10.4. The smallest absolute Gasteiger partial charge is 0.357 e. The highest BCUT2D eigenvalue weighted by Crippen LogP contribution is 2.02. The third-order valence-corrected chi connectivity index (χ3v) is 1.10. The van der Waals surface area contributed by atoms with Crippen molar-refractivity contribution < 1.29 is 9.53 Å². The largest absolute Gasteiger partial charge is 0.457 e. The second-order valence-corrected chi connectivity index (χ2v) is 1.91. The van der Waals surface area contributed by atoms with E-state index in [2.05, 4.69) is 11.9 Å². The maximum Gasteiger partial charge on any atom is 0.357 e. The number of hydrogen-bond donors (Lipinski definition) is 0. The van der Waals surface area contributed by atoms with Crippen LogP contribution >= 0.6 is 0 Å². The zero-order valence-electron chi connectivity index (χ0n) is 5.99. The van der Waals surface area contributed by atoms with Crippen LogP contribution in [0.25, 0.3) is 0 Å². The number of allylic oxidation sites excluding steroid dienone is 2. The van der Waals surface area contributed by atoms with Gasteiger partial charge in [0.05, 0.1) is 0 Å². The summed E-state index contributed by atoms with van der Waals surface area (Å²) >= 11 is 0. The van der Waals surface area contributed by atoms with Gasteiger partial charge >= 0.3 is 5.97 Å². The first-order chi connectivity index (χ1) is 5.34. The molecule has 0 aromatic carbocycles. The highest BCUT2D eigenvalue weighted by atomic mass is 16.5. The monoisotopic (exact) mass is 150 g/mol. The highest BCUT2D eigenvalue weighted by molar-refractivity contribution is 5.89. The van der Waals surface area contributed by atoms with Gasteiger partial charge in [-0.05, 0) is 12.2 Å². The van der Waals surface area contributed by atoms with Gasteiger partial charge in [0.25, 0.3) is 0 Å². The van der Waals surface area contributed by atoms with E-state index in [1.165, 1.54) is 6.08 Å². The first-order valence-electron chi connectivity index (χ1n) is 3.20. The second kappa shape index (κ2) is 3.61. The molecular weight excluding hydrogens is 142 g/mol. The lowest BCUT2D eigenvalue weighted by Gasteiger charge is -1.99. The minimum absolute atomic E-state index is 0.228. The Hall–Kier alpha value is -1.51. The van der Waals surface area contributed by atoms with Crippen LogP contribution in [0.2, 0.25) is 0 Å². The summed E-state index contributed by atoms with van der Waals surface area (Å²) in [6, 6.07) is 0. The maximum atomic E-state index is 10.9. The van der Waals surface area contributed by atoms with Crippen molar-refractivity contribution in [1.29, 1.82) is 0 Å². The van der Waals surface area contributed by atoms with Crippen molar-refractivity contribution in [3.05, 3.63) is 36.7 Å². The van der Waals surface area contributed by atoms with Crippen molar-refractivity contribution in [3.8, 4) is 0 Å². The lowest BCUT2D eigenvalue weighted by molar-refractivity contribution is -0.138. The Kier molecular flexibility index (Phi) is 2.49. The molecule has 1 aliphatic rings. The molecule has 0 spiro atoms. The number of ether oxygens (including phenoxy) is 1. The van der Waals surface area contributed by atoms with Crippen molar-refractivity contribution >= 4 is 5.97 Å². The van der Waals surface area contributed by atoms with Gasteiger partial charge in [-0.1, -0.05) is 12.7 Å². The van der Waals surface area contributed by atoms with Crippen LogP contribution in [0.4, 0.5) is 0 Å². The Labute approximate surface area is 65.0 Å². The van der Waals surface area contributed by atoms with Crippen LogP contribution in [-0.2, 0) is 9.53 Å².